The summed E-state index contributed by atoms with van der Waals surface area (Å²) in [5, 5.41) is 12.2. The lowest BCUT2D eigenvalue weighted by Gasteiger charge is -2.36. The normalized spacial score (nSPS) is 14.6. The lowest BCUT2D eigenvalue weighted by molar-refractivity contribution is -0.140. The van der Waals surface area contributed by atoms with Crippen LogP contribution in [0.3, 0.4) is 0 Å². The molecule has 1 fully saturated rings. The molecule has 1 saturated heterocycles. The lowest BCUT2D eigenvalue weighted by Crippen LogP contribution is -2.55. The molecule has 220 valence electrons. The van der Waals surface area contributed by atoms with E-state index in [2.05, 4.69) is 47.7 Å². The highest BCUT2D eigenvalue weighted by Crippen LogP contribution is 2.19. The van der Waals surface area contributed by atoms with E-state index in [4.69, 9.17) is 0 Å². The highest BCUT2D eigenvalue weighted by molar-refractivity contribution is 9.10. The van der Waals surface area contributed by atoms with Gasteiger partial charge in [0.2, 0.25) is 0 Å². The fourth-order valence-electron chi connectivity index (χ4n) is 4.30. The Labute approximate surface area is 254 Å². The quantitative estimate of drug-likeness (QED) is 0.302. The van der Waals surface area contributed by atoms with Crippen molar-refractivity contribution in [3.8, 4) is 11.8 Å². The zero-order valence-electron chi connectivity index (χ0n) is 23.2. The molecule has 1 aliphatic heterocycles. The molecule has 1 atom stereocenters. The van der Waals surface area contributed by atoms with E-state index < -0.39 is 22.2 Å². The molecule has 0 spiro atoms. The molecule has 42 heavy (non-hydrogen) atoms. The van der Waals surface area contributed by atoms with Crippen LogP contribution >= 0.6 is 15.9 Å². The number of carbonyl (C=O) groups excluding carboxylic acids is 1. The molecule has 0 saturated carbocycles. The van der Waals surface area contributed by atoms with Crippen molar-refractivity contribution in [1.82, 2.24) is 19.3 Å². The molecule has 1 aromatic heterocycles. The average Bonchev–Trinajstić information content (AvgIpc) is 2.98. The van der Waals surface area contributed by atoms with E-state index in [1.165, 1.54) is 4.31 Å². The van der Waals surface area contributed by atoms with Crippen molar-refractivity contribution in [2.24, 2.45) is 5.92 Å². The van der Waals surface area contributed by atoms with Gasteiger partial charge in [0.1, 0.15) is 11.7 Å². The minimum absolute atomic E-state index is 0.238. The van der Waals surface area contributed by atoms with E-state index >= 15 is 0 Å². The van der Waals surface area contributed by atoms with Gasteiger partial charge in [-0.2, -0.15) is 17.4 Å². The number of aliphatic carboxylic acids is 1. The standard InChI is InChI=1S/C30H32BrN5O5S/c1-21(2)28(30(38)39)34-42(40,41)36-17-15-35(16-18-36)26-11-7-22(8-12-26)3-4-23-13-14-32-27(19-23)29(37)33-20-24-5-9-25(31)10-6-24/h5-14,19,21,28,34H,15-18,20H2,1-2H3,(H,33,37)(H,38,39)/t28-/m1/s1. The first-order chi connectivity index (χ1) is 20.0. The van der Waals surface area contributed by atoms with E-state index in [1.807, 2.05) is 48.5 Å². The fraction of sp³-hybridized carbons (Fsp3) is 0.300. The Kier molecular flexibility index (Phi) is 10.3. The van der Waals surface area contributed by atoms with Crippen LogP contribution in [0, 0.1) is 17.8 Å². The summed E-state index contributed by atoms with van der Waals surface area (Å²) in [4.78, 5) is 30.2. The summed E-state index contributed by atoms with van der Waals surface area (Å²) >= 11 is 3.40. The lowest BCUT2D eigenvalue weighted by atomic mass is 10.1. The molecular weight excluding hydrogens is 622 g/mol. The number of nitrogens with zero attached hydrogens (tertiary/aromatic N) is 3. The van der Waals surface area contributed by atoms with Crippen LogP contribution in [-0.4, -0.2) is 66.9 Å². The van der Waals surface area contributed by atoms with Crippen molar-refractivity contribution in [2.45, 2.75) is 26.4 Å². The highest BCUT2D eigenvalue weighted by atomic mass is 79.9. The minimum Gasteiger partial charge on any atom is -0.480 e. The number of amides is 1. The van der Waals surface area contributed by atoms with Crippen molar-refractivity contribution >= 4 is 43.7 Å². The first-order valence-electron chi connectivity index (χ1n) is 13.4. The first-order valence-corrected chi connectivity index (χ1v) is 15.6. The topological polar surface area (TPSA) is 132 Å². The second kappa shape index (κ2) is 13.9. The Morgan fingerprint density at radius 1 is 0.976 bits per heavy atom. The summed E-state index contributed by atoms with van der Waals surface area (Å²) in [5.74, 6) is 4.33. The number of anilines is 1. The van der Waals surface area contributed by atoms with Gasteiger partial charge in [-0.25, -0.2) is 0 Å². The van der Waals surface area contributed by atoms with Crippen LogP contribution in [0.15, 0.2) is 71.3 Å². The summed E-state index contributed by atoms with van der Waals surface area (Å²) in [6.07, 6.45) is 1.56. The van der Waals surface area contributed by atoms with Crippen LogP contribution in [0.4, 0.5) is 5.69 Å². The Bertz CT molecular complexity index is 1580. The van der Waals surface area contributed by atoms with Crippen LogP contribution in [0.5, 0.6) is 0 Å². The van der Waals surface area contributed by atoms with Crippen molar-refractivity contribution in [3.05, 3.63) is 93.7 Å². The van der Waals surface area contributed by atoms with Gasteiger partial charge in [-0.1, -0.05) is 53.8 Å². The first kappa shape index (κ1) is 31.2. The molecule has 1 aliphatic rings. The maximum Gasteiger partial charge on any atom is 0.322 e. The smallest absolute Gasteiger partial charge is 0.322 e. The van der Waals surface area contributed by atoms with Gasteiger partial charge in [-0.15, -0.1) is 0 Å². The van der Waals surface area contributed by atoms with Crippen LogP contribution in [0.2, 0.25) is 0 Å². The molecule has 0 radical (unpaired) electrons. The number of nitrogens with one attached hydrogen (secondary N) is 2. The number of hydrogen-bond donors (Lipinski definition) is 3. The second-order valence-electron chi connectivity index (χ2n) is 10.1. The van der Waals surface area contributed by atoms with Crippen LogP contribution in [0.1, 0.15) is 41.0 Å². The maximum atomic E-state index is 12.7. The van der Waals surface area contributed by atoms with Crippen molar-refractivity contribution < 1.29 is 23.1 Å². The summed E-state index contributed by atoms with van der Waals surface area (Å²) in [5.41, 5.74) is 3.65. The van der Waals surface area contributed by atoms with Gasteiger partial charge >= 0.3 is 5.97 Å². The van der Waals surface area contributed by atoms with E-state index in [0.29, 0.717) is 25.2 Å². The molecule has 4 rings (SSSR count). The van der Waals surface area contributed by atoms with Crippen molar-refractivity contribution in [2.75, 3.05) is 31.1 Å². The molecular formula is C30H32BrN5O5S. The van der Waals surface area contributed by atoms with Gasteiger partial charge in [0, 0.05) is 60.2 Å². The van der Waals surface area contributed by atoms with Gasteiger partial charge in [-0.3, -0.25) is 14.6 Å². The molecule has 0 unspecified atom stereocenters. The van der Waals surface area contributed by atoms with Crippen molar-refractivity contribution in [1.29, 1.82) is 0 Å². The monoisotopic (exact) mass is 653 g/mol. The number of hydrogen-bond acceptors (Lipinski definition) is 6. The molecule has 3 aromatic rings. The average molecular weight is 655 g/mol. The molecule has 12 heteroatoms. The number of carbonyl (C=O) groups is 2. The number of halogens is 1. The van der Waals surface area contributed by atoms with Crippen LogP contribution in [0.25, 0.3) is 0 Å². The van der Waals surface area contributed by atoms with Gasteiger partial charge < -0.3 is 15.3 Å². The SMILES string of the molecule is CC(C)[C@@H](NS(=O)(=O)N1CCN(c2ccc(C#Cc3ccnc(C(=O)NCc4ccc(Br)cc4)c3)cc2)CC1)C(=O)O. The molecule has 0 bridgehead atoms. The third-order valence-electron chi connectivity index (χ3n) is 6.73. The van der Waals surface area contributed by atoms with Gasteiger partial charge in [0.25, 0.3) is 16.1 Å². The number of aromatic nitrogens is 1. The van der Waals surface area contributed by atoms with E-state index in [9.17, 15) is 23.1 Å². The number of carboxylic acids is 1. The van der Waals surface area contributed by atoms with Crippen molar-refractivity contribution in [3.63, 3.8) is 0 Å². The van der Waals surface area contributed by atoms with E-state index in [1.54, 1.807) is 32.2 Å². The van der Waals surface area contributed by atoms with Gasteiger partial charge in [0.05, 0.1) is 0 Å². The molecule has 2 aromatic carbocycles. The molecule has 0 aliphatic carbocycles. The predicted molar refractivity (Wildman–Crippen MR) is 164 cm³/mol. The Hall–Kier alpha value is -3.76. The third-order valence-corrected chi connectivity index (χ3v) is 8.86. The maximum absolute atomic E-state index is 12.7. The summed E-state index contributed by atoms with van der Waals surface area (Å²) in [7, 11) is -3.92. The van der Waals surface area contributed by atoms with E-state index in [0.717, 1.165) is 21.3 Å². The Morgan fingerprint density at radius 3 is 2.24 bits per heavy atom. The summed E-state index contributed by atoms with van der Waals surface area (Å²) in [6.45, 7) is 5.12. The third kappa shape index (κ3) is 8.39. The van der Waals surface area contributed by atoms with E-state index in [-0.39, 0.29) is 30.6 Å². The van der Waals surface area contributed by atoms with Crippen LogP contribution < -0.4 is 14.9 Å². The van der Waals surface area contributed by atoms with Gasteiger partial charge in [-0.05, 0) is 60.0 Å². The fourth-order valence-corrected chi connectivity index (χ4v) is 6.05. The number of rotatable bonds is 9. The number of carboxylic acid groups (broad SMARTS) is 1. The van der Waals surface area contributed by atoms with Crippen LogP contribution in [-0.2, 0) is 21.5 Å². The zero-order chi connectivity index (χ0) is 30.3. The minimum atomic E-state index is -3.92. The second-order valence-corrected chi connectivity index (χ2v) is 12.7. The number of pyridine rings is 1. The predicted octanol–water partition coefficient (Wildman–Crippen LogP) is 3.24. The molecule has 10 nitrogen and oxygen atoms in total. The molecule has 3 N–H and O–H groups in total. The Balaban J connectivity index is 1.32. The zero-order valence-corrected chi connectivity index (χ0v) is 25.7. The molecule has 1 amide bonds. The largest absolute Gasteiger partial charge is 0.480 e. The summed E-state index contributed by atoms with van der Waals surface area (Å²) < 4.78 is 30.0. The number of piperazine rings is 1. The summed E-state index contributed by atoms with van der Waals surface area (Å²) in [6, 6.07) is 17.6. The van der Waals surface area contributed by atoms with Gasteiger partial charge in [0.15, 0.2) is 0 Å². The Morgan fingerprint density at radius 2 is 1.62 bits per heavy atom. The highest BCUT2D eigenvalue weighted by Gasteiger charge is 2.32. The number of benzene rings is 2. The molecule has 2 heterocycles.